The van der Waals surface area contributed by atoms with Crippen LogP contribution < -0.4 is 0 Å². The molecule has 0 aliphatic heterocycles. The van der Waals surface area contributed by atoms with E-state index in [2.05, 4.69) is 15.9 Å². The van der Waals surface area contributed by atoms with Crippen molar-refractivity contribution in [2.24, 2.45) is 0 Å². The van der Waals surface area contributed by atoms with Crippen LogP contribution in [0.2, 0.25) is 0 Å². The topological polar surface area (TPSA) is 37.4 Å². The first-order valence-corrected chi connectivity index (χ1v) is 8.20. The normalized spacial score (nSPS) is 11.9. The Kier molecular flexibility index (Phi) is 4.75. The van der Waals surface area contributed by atoms with Gasteiger partial charge in [0.25, 0.3) is 0 Å². The van der Waals surface area contributed by atoms with Gasteiger partial charge in [0, 0.05) is 18.1 Å². The second-order valence-electron chi connectivity index (χ2n) is 4.46. The molecule has 0 saturated heterocycles. The molecule has 112 valence electrons. The van der Waals surface area contributed by atoms with Crippen LogP contribution in [-0.4, -0.2) is 19.8 Å². The molecular formula is C14H12BrF2NO2S. The fourth-order valence-electron chi connectivity index (χ4n) is 1.77. The van der Waals surface area contributed by atoms with E-state index in [1.54, 1.807) is 12.1 Å². The Morgan fingerprint density at radius 1 is 1.05 bits per heavy atom. The van der Waals surface area contributed by atoms with Gasteiger partial charge < -0.3 is 0 Å². The number of benzene rings is 2. The molecule has 0 aliphatic carbocycles. The number of rotatable bonds is 4. The zero-order valence-corrected chi connectivity index (χ0v) is 13.5. The first-order chi connectivity index (χ1) is 9.80. The van der Waals surface area contributed by atoms with Crippen molar-refractivity contribution >= 4 is 26.0 Å². The van der Waals surface area contributed by atoms with Crippen LogP contribution in [-0.2, 0) is 16.6 Å². The van der Waals surface area contributed by atoms with Crippen LogP contribution >= 0.6 is 15.9 Å². The van der Waals surface area contributed by atoms with Gasteiger partial charge in [0.15, 0.2) is 11.6 Å². The molecule has 7 heteroatoms. The molecule has 21 heavy (non-hydrogen) atoms. The molecule has 2 aromatic rings. The van der Waals surface area contributed by atoms with E-state index in [0.717, 1.165) is 20.9 Å². The number of nitrogens with zero attached hydrogens (tertiary/aromatic N) is 1. The predicted octanol–water partition coefficient (Wildman–Crippen LogP) is 3.55. The molecule has 3 nitrogen and oxygen atoms in total. The zero-order chi connectivity index (χ0) is 15.6. The molecule has 0 atom stereocenters. The smallest absolute Gasteiger partial charge is 0.207 e. The summed E-state index contributed by atoms with van der Waals surface area (Å²) in [4.78, 5) is 0.135. The van der Waals surface area contributed by atoms with Crippen LogP contribution in [0.15, 0.2) is 51.8 Å². The van der Waals surface area contributed by atoms with Gasteiger partial charge in [-0.05, 0) is 42.0 Å². The Morgan fingerprint density at radius 3 is 2.24 bits per heavy atom. The molecule has 2 aromatic carbocycles. The highest BCUT2D eigenvalue weighted by molar-refractivity contribution is 9.10. The van der Waals surface area contributed by atoms with Gasteiger partial charge in [0.05, 0.1) is 4.90 Å². The van der Waals surface area contributed by atoms with Gasteiger partial charge in [-0.3, -0.25) is 0 Å². The molecule has 0 unspecified atom stereocenters. The Hall–Kier alpha value is -1.31. The number of sulfonamides is 1. The van der Waals surface area contributed by atoms with Crippen molar-refractivity contribution in [3.05, 3.63) is 64.1 Å². The van der Waals surface area contributed by atoms with Crippen molar-refractivity contribution in [3.8, 4) is 0 Å². The molecule has 0 spiro atoms. The lowest BCUT2D eigenvalue weighted by Gasteiger charge is -2.17. The van der Waals surface area contributed by atoms with E-state index in [1.807, 2.05) is 0 Å². The molecule has 0 saturated carbocycles. The predicted molar refractivity (Wildman–Crippen MR) is 79.2 cm³/mol. The average molecular weight is 376 g/mol. The van der Waals surface area contributed by atoms with Gasteiger partial charge in [-0.25, -0.2) is 17.2 Å². The standard InChI is InChI=1S/C14H12BrF2NO2S/c1-18(9-10-2-7-13(16)14(17)8-10)21(19,20)12-5-3-11(15)4-6-12/h2-8H,9H2,1H3. The van der Waals surface area contributed by atoms with Crippen LogP contribution in [0.5, 0.6) is 0 Å². The second kappa shape index (κ2) is 6.21. The molecule has 0 aliphatic rings. The van der Waals surface area contributed by atoms with Crippen molar-refractivity contribution in [1.82, 2.24) is 4.31 Å². The summed E-state index contributed by atoms with van der Waals surface area (Å²) >= 11 is 3.23. The Labute approximate surface area is 130 Å². The van der Waals surface area contributed by atoms with Crippen molar-refractivity contribution in [2.45, 2.75) is 11.4 Å². The maximum Gasteiger partial charge on any atom is 0.243 e. The van der Waals surface area contributed by atoms with E-state index in [-0.39, 0.29) is 11.4 Å². The van der Waals surface area contributed by atoms with E-state index in [0.29, 0.717) is 5.56 Å². The van der Waals surface area contributed by atoms with Crippen LogP contribution in [0.3, 0.4) is 0 Å². The van der Waals surface area contributed by atoms with Crippen molar-refractivity contribution in [1.29, 1.82) is 0 Å². The monoisotopic (exact) mass is 375 g/mol. The lowest BCUT2D eigenvalue weighted by Crippen LogP contribution is -2.26. The summed E-state index contributed by atoms with van der Waals surface area (Å²) in [7, 11) is -2.29. The molecule has 0 N–H and O–H groups in total. The summed E-state index contributed by atoms with van der Waals surface area (Å²) in [5, 5.41) is 0. The average Bonchev–Trinajstić information content (AvgIpc) is 2.43. The Balaban J connectivity index is 2.24. The number of halogens is 3. The van der Waals surface area contributed by atoms with Gasteiger partial charge in [0.2, 0.25) is 10.0 Å². The van der Waals surface area contributed by atoms with Crippen LogP contribution in [0.1, 0.15) is 5.56 Å². The van der Waals surface area contributed by atoms with Crippen molar-refractivity contribution in [2.75, 3.05) is 7.05 Å². The van der Waals surface area contributed by atoms with Crippen LogP contribution in [0.25, 0.3) is 0 Å². The van der Waals surface area contributed by atoms with Gasteiger partial charge >= 0.3 is 0 Å². The maximum absolute atomic E-state index is 13.1. The minimum atomic E-state index is -3.68. The summed E-state index contributed by atoms with van der Waals surface area (Å²) in [5.74, 6) is -1.96. The van der Waals surface area contributed by atoms with E-state index in [4.69, 9.17) is 0 Å². The third-order valence-corrected chi connectivity index (χ3v) is 5.26. The third kappa shape index (κ3) is 3.66. The minimum Gasteiger partial charge on any atom is -0.207 e. The molecular weight excluding hydrogens is 364 g/mol. The highest BCUT2D eigenvalue weighted by Crippen LogP contribution is 2.20. The first kappa shape index (κ1) is 16.1. The lowest BCUT2D eigenvalue weighted by atomic mass is 10.2. The summed E-state index contributed by atoms with van der Waals surface area (Å²) in [6.07, 6.45) is 0. The molecule has 0 bridgehead atoms. The molecule has 0 heterocycles. The molecule has 0 radical (unpaired) electrons. The molecule has 0 aromatic heterocycles. The first-order valence-electron chi connectivity index (χ1n) is 5.96. The van der Waals surface area contributed by atoms with Gasteiger partial charge in [0.1, 0.15) is 0 Å². The summed E-state index contributed by atoms with van der Waals surface area (Å²) in [5.41, 5.74) is 0.372. The number of hydrogen-bond acceptors (Lipinski definition) is 2. The Morgan fingerprint density at radius 2 is 1.67 bits per heavy atom. The van der Waals surface area contributed by atoms with Crippen LogP contribution in [0.4, 0.5) is 8.78 Å². The largest absolute Gasteiger partial charge is 0.243 e. The van der Waals surface area contributed by atoms with Gasteiger partial charge in [-0.2, -0.15) is 4.31 Å². The Bertz CT molecular complexity index is 748. The maximum atomic E-state index is 13.1. The summed E-state index contributed by atoms with van der Waals surface area (Å²) < 4.78 is 52.5. The SMILES string of the molecule is CN(Cc1ccc(F)c(F)c1)S(=O)(=O)c1ccc(Br)cc1. The number of hydrogen-bond donors (Lipinski definition) is 0. The third-order valence-electron chi connectivity index (χ3n) is 2.91. The quantitative estimate of drug-likeness (QED) is 0.819. The minimum absolute atomic E-state index is 0.0460. The van der Waals surface area contributed by atoms with E-state index in [1.165, 1.54) is 25.2 Å². The van der Waals surface area contributed by atoms with Gasteiger partial charge in [-0.15, -0.1) is 0 Å². The van der Waals surface area contributed by atoms with E-state index in [9.17, 15) is 17.2 Å². The summed E-state index contributed by atoms with van der Waals surface area (Å²) in [6.45, 7) is -0.0460. The zero-order valence-electron chi connectivity index (χ0n) is 11.1. The summed E-state index contributed by atoms with van der Waals surface area (Å²) in [6, 6.07) is 9.51. The highest BCUT2D eigenvalue weighted by atomic mass is 79.9. The van der Waals surface area contributed by atoms with Crippen molar-refractivity contribution in [3.63, 3.8) is 0 Å². The molecule has 0 amide bonds. The van der Waals surface area contributed by atoms with E-state index < -0.39 is 21.7 Å². The lowest BCUT2D eigenvalue weighted by molar-refractivity contribution is 0.462. The molecule has 2 rings (SSSR count). The second-order valence-corrected chi connectivity index (χ2v) is 7.42. The fourth-order valence-corrected chi connectivity index (χ4v) is 3.19. The highest BCUT2D eigenvalue weighted by Gasteiger charge is 2.21. The van der Waals surface area contributed by atoms with Gasteiger partial charge in [-0.1, -0.05) is 22.0 Å². The van der Waals surface area contributed by atoms with Crippen LogP contribution in [0, 0.1) is 11.6 Å². The van der Waals surface area contributed by atoms with Crippen molar-refractivity contribution < 1.29 is 17.2 Å². The van der Waals surface area contributed by atoms with E-state index >= 15 is 0 Å². The fraction of sp³-hybridized carbons (Fsp3) is 0.143. The molecule has 0 fully saturated rings.